The normalized spacial score (nSPS) is 15.4. The topological polar surface area (TPSA) is 58.2 Å². The van der Waals surface area contributed by atoms with Crippen LogP contribution in [0.15, 0.2) is 72.8 Å². The maximum Gasteiger partial charge on any atom is 0.258 e. The number of fused-ring (bicyclic) bond motifs is 2. The fourth-order valence-corrected chi connectivity index (χ4v) is 6.47. The lowest BCUT2D eigenvalue weighted by atomic mass is 9.72. The number of carbonyl (C=O) groups excluding carboxylic acids is 2. The zero-order chi connectivity index (χ0) is 25.3. The van der Waals surface area contributed by atoms with E-state index in [1.165, 1.54) is 4.88 Å². The molecule has 4 nitrogen and oxygen atoms in total. The highest BCUT2D eigenvalue weighted by Crippen LogP contribution is 2.44. The fraction of sp³-hybridized carbons (Fsp3) is 0.290. The van der Waals surface area contributed by atoms with Crippen LogP contribution in [0.2, 0.25) is 0 Å². The minimum absolute atomic E-state index is 0.105. The van der Waals surface area contributed by atoms with Crippen LogP contribution in [0.25, 0.3) is 10.8 Å². The first kappa shape index (κ1) is 24.3. The summed E-state index contributed by atoms with van der Waals surface area (Å²) in [7, 11) is 0. The summed E-state index contributed by atoms with van der Waals surface area (Å²) in [4.78, 5) is 28.0. The molecule has 5 heteroatoms. The van der Waals surface area contributed by atoms with Crippen molar-refractivity contribution in [3.8, 4) is 0 Å². The number of amides is 2. The average molecular weight is 497 g/mol. The highest BCUT2D eigenvalue weighted by Gasteiger charge is 2.34. The van der Waals surface area contributed by atoms with Crippen molar-refractivity contribution in [1.29, 1.82) is 0 Å². The number of rotatable bonds is 5. The van der Waals surface area contributed by atoms with Gasteiger partial charge >= 0.3 is 0 Å². The number of benzene rings is 3. The molecule has 2 amide bonds. The van der Waals surface area contributed by atoms with E-state index in [4.69, 9.17) is 0 Å². The van der Waals surface area contributed by atoms with Crippen molar-refractivity contribution < 1.29 is 9.59 Å². The molecule has 3 aromatic carbocycles. The Hall–Kier alpha value is -3.44. The Morgan fingerprint density at radius 3 is 2.42 bits per heavy atom. The van der Waals surface area contributed by atoms with Crippen molar-refractivity contribution in [2.24, 2.45) is 11.3 Å². The SMILES string of the molecule is CC(C)(C)C1CCc2c(sc(NC(=O)Cc3ccccc3)c2C(=O)Nc2cccc3ccccc23)C1. The third-order valence-corrected chi connectivity index (χ3v) is 8.39. The van der Waals surface area contributed by atoms with Gasteiger partial charge in [-0.25, -0.2) is 0 Å². The zero-order valence-corrected chi connectivity index (χ0v) is 21.9. The summed E-state index contributed by atoms with van der Waals surface area (Å²) in [6.07, 6.45) is 3.10. The zero-order valence-electron chi connectivity index (χ0n) is 21.1. The molecule has 1 aliphatic rings. The van der Waals surface area contributed by atoms with Crippen LogP contribution in [-0.2, 0) is 24.1 Å². The highest BCUT2D eigenvalue weighted by atomic mass is 32.1. The molecule has 0 radical (unpaired) electrons. The van der Waals surface area contributed by atoms with Gasteiger partial charge in [0.25, 0.3) is 5.91 Å². The lowest BCUT2D eigenvalue weighted by Gasteiger charge is -2.33. The molecule has 2 N–H and O–H groups in total. The Balaban J connectivity index is 1.48. The molecular weight excluding hydrogens is 464 g/mol. The Labute approximate surface area is 216 Å². The third-order valence-electron chi connectivity index (χ3n) is 7.22. The van der Waals surface area contributed by atoms with Gasteiger partial charge in [0.05, 0.1) is 12.0 Å². The van der Waals surface area contributed by atoms with E-state index in [1.54, 1.807) is 11.3 Å². The quantitative estimate of drug-likeness (QED) is 0.301. The minimum atomic E-state index is -0.159. The van der Waals surface area contributed by atoms with E-state index < -0.39 is 0 Å². The average Bonchev–Trinajstić information content (AvgIpc) is 3.21. The monoisotopic (exact) mass is 496 g/mol. The van der Waals surface area contributed by atoms with Crippen LogP contribution < -0.4 is 10.6 Å². The maximum atomic E-state index is 13.8. The first-order chi connectivity index (χ1) is 17.3. The molecule has 4 aromatic rings. The van der Waals surface area contributed by atoms with Gasteiger partial charge in [0.1, 0.15) is 5.00 Å². The molecule has 0 aliphatic heterocycles. The van der Waals surface area contributed by atoms with E-state index >= 15 is 0 Å². The molecule has 1 unspecified atom stereocenters. The molecular formula is C31H32N2O2S. The largest absolute Gasteiger partial charge is 0.321 e. The fourth-order valence-electron chi connectivity index (χ4n) is 5.12. The van der Waals surface area contributed by atoms with Gasteiger partial charge < -0.3 is 10.6 Å². The van der Waals surface area contributed by atoms with Gasteiger partial charge in [-0.05, 0) is 53.2 Å². The summed E-state index contributed by atoms with van der Waals surface area (Å²) < 4.78 is 0. The molecule has 1 aromatic heterocycles. The molecule has 0 spiro atoms. The van der Waals surface area contributed by atoms with E-state index in [0.717, 1.165) is 46.8 Å². The number of hydrogen-bond donors (Lipinski definition) is 2. The predicted molar refractivity (Wildman–Crippen MR) is 150 cm³/mol. The minimum Gasteiger partial charge on any atom is -0.321 e. The van der Waals surface area contributed by atoms with Gasteiger partial charge in [-0.3, -0.25) is 9.59 Å². The molecule has 0 bridgehead atoms. The summed E-state index contributed by atoms with van der Waals surface area (Å²) >= 11 is 1.57. The smallest absolute Gasteiger partial charge is 0.258 e. The van der Waals surface area contributed by atoms with Gasteiger partial charge in [-0.15, -0.1) is 11.3 Å². The van der Waals surface area contributed by atoms with Gasteiger partial charge in [-0.1, -0.05) is 87.5 Å². The van der Waals surface area contributed by atoms with Gasteiger partial charge in [0.15, 0.2) is 0 Å². The molecule has 36 heavy (non-hydrogen) atoms. The van der Waals surface area contributed by atoms with Crippen LogP contribution in [0.1, 0.15) is 53.6 Å². The van der Waals surface area contributed by atoms with Crippen molar-refractivity contribution >= 4 is 44.6 Å². The van der Waals surface area contributed by atoms with Crippen molar-refractivity contribution in [3.63, 3.8) is 0 Å². The van der Waals surface area contributed by atoms with Crippen LogP contribution in [0, 0.1) is 11.3 Å². The third kappa shape index (κ3) is 5.07. The standard InChI is InChI=1S/C31H32N2O2S/c1-31(2,3)22-16-17-24-26(19-22)36-30(33-27(34)18-20-10-5-4-6-11-20)28(24)29(35)32-25-15-9-13-21-12-7-8-14-23(21)25/h4-15,22H,16-19H2,1-3H3,(H,32,35)(H,33,34). The molecule has 0 saturated carbocycles. The van der Waals surface area contributed by atoms with Crippen LogP contribution in [0.3, 0.4) is 0 Å². The number of hydrogen-bond acceptors (Lipinski definition) is 3. The predicted octanol–water partition coefficient (Wildman–Crippen LogP) is 7.49. The van der Waals surface area contributed by atoms with Gasteiger partial charge in [-0.2, -0.15) is 0 Å². The number of thiophene rings is 1. The second-order valence-corrected chi connectivity index (χ2v) is 11.8. The maximum absolute atomic E-state index is 13.8. The summed E-state index contributed by atoms with van der Waals surface area (Å²) in [5.41, 5.74) is 3.64. The van der Waals surface area contributed by atoms with Gasteiger partial charge in [0, 0.05) is 16.0 Å². The summed E-state index contributed by atoms with van der Waals surface area (Å²) in [5.74, 6) is 0.282. The van der Waals surface area contributed by atoms with E-state index in [2.05, 4.69) is 31.4 Å². The molecule has 0 saturated heterocycles. The van der Waals surface area contributed by atoms with Crippen molar-refractivity contribution in [1.82, 2.24) is 0 Å². The molecule has 0 fully saturated rings. The van der Waals surface area contributed by atoms with Crippen LogP contribution in [-0.4, -0.2) is 11.8 Å². The Morgan fingerprint density at radius 1 is 0.917 bits per heavy atom. The summed E-state index contributed by atoms with van der Waals surface area (Å²) in [5, 5.41) is 8.99. The van der Waals surface area contributed by atoms with E-state index in [-0.39, 0.29) is 23.7 Å². The second-order valence-electron chi connectivity index (χ2n) is 10.7. The van der Waals surface area contributed by atoms with Crippen LogP contribution >= 0.6 is 11.3 Å². The molecule has 184 valence electrons. The van der Waals surface area contributed by atoms with E-state index in [9.17, 15) is 9.59 Å². The Kier molecular flexibility index (Phi) is 6.67. The number of nitrogens with one attached hydrogen (secondary N) is 2. The lowest BCUT2D eigenvalue weighted by molar-refractivity contribution is -0.115. The Bertz CT molecular complexity index is 1410. The Morgan fingerprint density at radius 2 is 1.64 bits per heavy atom. The van der Waals surface area contributed by atoms with E-state index in [1.807, 2.05) is 72.8 Å². The number of anilines is 2. The van der Waals surface area contributed by atoms with E-state index in [0.29, 0.717) is 16.5 Å². The van der Waals surface area contributed by atoms with Crippen molar-refractivity contribution in [2.75, 3.05) is 10.6 Å². The molecule has 5 rings (SSSR count). The van der Waals surface area contributed by atoms with Crippen LogP contribution in [0.5, 0.6) is 0 Å². The van der Waals surface area contributed by atoms with Crippen molar-refractivity contribution in [2.45, 2.75) is 46.5 Å². The van der Waals surface area contributed by atoms with Crippen LogP contribution in [0.4, 0.5) is 10.7 Å². The lowest BCUT2D eigenvalue weighted by Crippen LogP contribution is -2.27. The second kappa shape index (κ2) is 9.90. The van der Waals surface area contributed by atoms with Crippen molar-refractivity contribution in [3.05, 3.63) is 94.4 Å². The highest BCUT2D eigenvalue weighted by molar-refractivity contribution is 7.17. The first-order valence-electron chi connectivity index (χ1n) is 12.6. The van der Waals surface area contributed by atoms with Gasteiger partial charge in [0.2, 0.25) is 5.91 Å². The number of carbonyl (C=O) groups is 2. The summed E-state index contributed by atoms with van der Waals surface area (Å²) in [6, 6.07) is 23.7. The summed E-state index contributed by atoms with van der Waals surface area (Å²) in [6.45, 7) is 6.85. The molecule has 1 atom stereocenters. The first-order valence-corrected chi connectivity index (χ1v) is 13.4. The molecule has 1 heterocycles. The molecule has 1 aliphatic carbocycles.